The van der Waals surface area contributed by atoms with Crippen LogP contribution in [-0.2, 0) is 27.1 Å². The summed E-state index contributed by atoms with van der Waals surface area (Å²) in [5, 5.41) is 4.88. The summed E-state index contributed by atoms with van der Waals surface area (Å²) in [6.07, 6.45) is 29.9. The van der Waals surface area contributed by atoms with Gasteiger partial charge in [-0.05, 0) is 252 Å². The number of rotatable bonds is 29. The van der Waals surface area contributed by atoms with Crippen LogP contribution in [0.1, 0.15) is 285 Å². The number of para-hydroxylation sites is 2. The van der Waals surface area contributed by atoms with E-state index in [1.165, 1.54) is 308 Å². The third-order valence-corrected chi connectivity index (χ3v) is 29.1. The number of aryl methyl sites for hydroxylation is 1. The van der Waals surface area contributed by atoms with Crippen LogP contribution in [0.15, 0.2) is 227 Å². The van der Waals surface area contributed by atoms with Gasteiger partial charge in [-0.3, -0.25) is 0 Å². The van der Waals surface area contributed by atoms with Crippen molar-refractivity contribution in [2.24, 2.45) is 0 Å². The van der Waals surface area contributed by atoms with Crippen molar-refractivity contribution < 1.29 is 8.83 Å². The van der Waals surface area contributed by atoms with Crippen molar-refractivity contribution in [3.8, 4) is 77.9 Å². The average molecular weight is 1510 g/mol. The quantitative estimate of drug-likeness (QED) is 0.0438. The molecular formula is C112H117NO2. The smallest absolute Gasteiger partial charge is 0.143 e. The van der Waals surface area contributed by atoms with Crippen LogP contribution in [0.5, 0.6) is 0 Å². The van der Waals surface area contributed by atoms with Gasteiger partial charge in [0.2, 0.25) is 0 Å². The molecule has 14 aromatic rings. The molecule has 582 valence electrons. The molecule has 0 amide bonds. The van der Waals surface area contributed by atoms with E-state index in [-0.39, 0.29) is 27.1 Å². The molecule has 0 bridgehead atoms. The summed E-state index contributed by atoms with van der Waals surface area (Å²) in [6.45, 7) is 26.4. The zero-order valence-electron chi connectivity index (χ0n) is 70.5. The van der Waals surface area contributed by atoms with E-state index < -0.39 is 0 Å². The Balaban J connectivity index is 0.728. The summed E-state index contributed by atoms with van der Waals surface area (Å²) in [7, 11) is 0. The van der Waals surface area contributed by atoms with E-state index in [2.05, 4.69) is 299 Å². The first kappa shape index (κ1) is 75.1. The van der Waals surface area contributed by atoms with E-state index >= 15 is 0 Å². The number of hydrogen-bond acceptors (Lipinski definition) is 3. The SMILES string of the molecule is CCCCCCCC1(CCCCCCC)c2ccccc2-c2ccc(-c3ccc4c(c3)C(C)(C)c3cc(-c5cc6c(c7c5oc5ccccc57)-c5ccc(N(c7ccc(C)cc7)c7ccc8c(c7)C(C)(C)c7cc9c(cc7-8)C(C)(C)c7ccc8oc%10ccccc%10c8c7-9)cc5C6(CCCCCCC)CCCCCCC)ccc3-4)cc21. The second kappa shape index (κ2) is 29.6. The van der Waals surface area contributed by atoms with Gasteiger partial charge in [-0.1, -0.05) is 331 Å². The normalized spacial score (nSPS) is 15.4. The van der Waals surface area contributed by atoms with Crippen LogP contribution >= 0.6 is 0 Å². The van der Waals surface area contributed by atoms with Crippen LogP contribution in [0.4, 0.5) is 17.1 Å². The molecule has 0 saturated carbocycles. The maximum Gasteiger partial charge on any atom is 0.143 e. The number of hydrogen-bond donors (Lipinski definition) is 0. The monoisotopic (exact) mass is 1510 g/mol. The minimum atomic E-state index is -0.289. The first-order chi connectivity index (χ1) is 56.0. The van der Waals surface area contributed by atoms with Crippen molar-refractivity contribution in [2.45, 2.75) is 257 Å². The number of anilines is 3. The van der Waals surface area contributed by atoms with Crippen LogP contribution < -0.4 is 4.90 Å². The number of unbranched alkanes of at least 4 members (excludes halogenated alkanes) is 16. The Morgan fingerprint density at radius 2 is 0.661 bits per heavy atom. The van der Waals surface area contributed by atoms with E-state index in [9.17, 15) is 0 Å². The van der Waals surface area contributed by atoms with Crippen molar-refractivity contribution in [2.75, 3.05) is 4.90 Å². The summed E-state index contributed by atoms with van der Waals surface area (Å²) in [4.78, 5) is 2.60. The summed E-state index contributed by atoms with van der Waals surface area (Å²) in [5.74, 6) is 0. The van der Waals surface area contributed by atoms with Crippen molar-refractivity contribution >= 4 is 60.9 Å². The van der Waals surface area contributed by atoms with Crippen LogP contribution in [-0.4, -0.2) is 0 Å². The molecule has 2 heterocycles. The second-order valence-electron chi connectivity index (χ2n) is 37.2. The van der Waals surface area contributed by atoms with Gasteiger partial charge in [-0.25, -0.2) is 0 Å². The molecule has 0 N–H and O–H groups in total. The highest BCUT2D eigenvalue weighted by molar-refractivity contribution is 6.19. The molecule has 0 spiro atoms. The average Bonchev–Trinajstić information content (AvgIpc) is 1.54. The number of nitrogens with zero attached hydrogens (tertiary/aromatic N) is 1. The Morgan fingerprint density at radius 3 is 1.27 bits per heavy atom. The summed E-state index contributed by atoms with van der Waals surface area (Å²) >= 11 is 0. The third kappa shape index (κ3) is 12.1. The molecule has 5 aliphatic rings. The second-order valence-corrected chi connectivity index (χ2v) is 37.2. The van der Waals surface area contributed by atoms with E-state index in [0.29, 0.717) is 0 Å². The van der Waals surface area contributed by atoms with Gasteiger partial charge in [-0.15, -0.1) is 0 Å². The lowest BCUT2D eigenvalue weighted by Gasteiger charge is -2.34. The summed E-state index contributed by atoms with van der Waals surface area (Å²) in [5.41, 5.74) is 40.9. The maximum absolute atomic E-state index is 7.47. The Hall–Kier alpha value is -9.96. The highest BCUT2D eigenvalue weighted by atomic mass is 16.3. The maximum atomic E-state index is 7.47. The fourth-order valence-corrected chi connectivity index (χ4v) is 22.9. The number of fused-ring (bicyclic) bond motifs is 23. The standard InChI is InChI=1S/C112H117NO2/c1-12-16-20-24-34-60-111(61-35-25-21-17-13-2)90-41-31-28-38-79(90)82-54-47-74(65-97(82)111)73-46-53-80-81-55-48-75(66-93(81)109(8,9)92(80)64-73)87-69-99-103(106-86-40-30-33-43-101(86)115-107(87)106)84-57-52-78(68-98(84)112(99,62-36-26-22-18-14-3)63-37-27-23-19-15-4)113(76-49-44-72(5)45-50-76)77-51-56-83-88-70-96-89(71-95(88)110(10,11)94(83)67-77)104-91(108(96,6)7)58-59-102-105(104)85-39-29-32-42-100(85)114-102/h28-33,38-59,64-71H,12-27,34-37,60-63H2,1-11H3. The Labute approximate surface area is 685 Å². The molecule has 0 fully saturated rings. The van der Waals surface area contributed by atoms with E-state index in [0.717, 1.165) is 35.2 Å². The molecule has 2 aromatic heterocycles. The Bertz CT molecular complexity index is 6090. The van der Waals surface area contributed by atoms with Gasteiger partial charge in [0.15, 0.2) is 0 Å². The first-order valence-corrected chi connectivity index (χ1v) is 44.9. The molecule has 0 aliphatic heterocycles. The number of benzene rings is 12. The predicted molar refractivity (Wildman–Crippen MR) is 490 cm³/mol. The Morgan fingerprint density at radius 1 is 0.261 bits per heavy atom. The van der Waals surface area contributed by atoms with Gasteiger partial charge in [0.25, 0.3) is 0 Å². The van der Waals surface area contributed by atoms with Crippen molar-refractivity contribution in [1.82, 2.24) is 0 Å². The summed E-state index contributed by atoms with van der Waals surface area (Å²) in [6, 6.07) is 86.5. The zero-order valence-corrected chi connectivity index (χ0v) is 70.5. The van der Waals surface area contributed by atoms with Gasteiger partial charge < -0.3 is 13.7 Å². The molecule has 5 aliphatic carbocycles. The zero-order chi connectivity index (χ0) is 78.7. The van der Waals surface area contributed by atoms with E-state index in [4.69, 9.17) is 8.83 Å². The lowest BCUT2D eigenvalue weighted by Crippen LogP contribution is -2.26. The fraction of sp³-hybridized carbons (Fsp3) is 0.357. The van der Waals surface area contributed by atoms with Crippen molar-refractivity contribution in [3.63, 3.8) is 0 Å². The summed E-state index contributed by atoms with van der Waals surface area (Å²) < 4.78 is 14.1. The topological polar surface area (TPSA) is 29.5 Å². The fourth-order valence-electron chi connectivity index (χ4n) is 22.9. The van der Waals surface area contributed by atoms with E-state index in [1.54, 1.807) is 11.1 Å². The number of furan rings is 2. The van der Waals surface area contributed by atoms with Gasteiger partial charge in [0.05, 0.1) is 0 Å². The molecule has 115 heavy (non-hydrogen) atoms. The Kier molecular flexibility index (Phi) is 19.4. The molecule has 3 nitrogen and oxygen atoms in total. The third-order valence-electron chi connectivity index (χ3n) is 29.1. The molecule has 0 radical (unpaired) electrons. The largest absolute Gasteiger partial charge is 0.456 e. The van der Waals surface area contributed by atoms with E-state index in [1.807, 2.05) is 0 Å². The predicted octanol–water partition coefficient (Wildman–Crippen LogP) is 33.5. The minimum absolute atomic E-state index is 0.0286. The van der Waals surface area contributed by atoms with Crippen molar-refractivity contribution in [3.05, 3.63) is 280 Å². The molecule has 0 unspecified atom stereocenters. The van der Waals surface area contributed by atoms with Gasteiger partial charge in [0.1, 0.15) is 22.3 Å². The first-order valence-electron chi connectivity index (χ1n) is 44.9. The molecule has 12 aromatic carbocycles. The van der Waals surface area contributed by atoms with Crippen LogP contribution in [0.3, 0.4) is 0 Å². The van der Waals surface area contributed by atoms with Crippen LogP contribution in [0.25, 0.3) is 122 Å². The van der Waals surface area contributed by atoms with Gasteiger partial charge in [0, 0.05) is 71.2 Å². The highest BCUT2D eigenvalue weighted by Gasteiger charge is 2.48. The van der Waals surface area contributed by atoms with Crippen LogP contribution in [0, 0.1) is 6.92 Å². The van der Waals surface area contributed by atoms with Gasteiger partial charge >= 0.3 is 0 Å². The molecule has 0 saturated heterocycles. The molecule has 3 heteroatoms. The van der Waals surface area contributed by atoms with Crippen molar-refractivity contribution in [1.29, 1.82) is 0 Å². The molecule has 0 atom stereocenters. The van der Waals surface area contributed by atoms with Gasteiger partial charge in [-0.2, -0.15) is 0 Å². The lowest BCUT2D eigenvalue weighted by atomic mass is 9.70. The van der Waals surface area contributed by atoms with Crippen LogP contribution in [0.2, 0.25) is 0 Å². The molecule has 19 rings (SSSR count). The minimum Gasteiger partial charge on any atom is -0.456 e. The lowest BCUT2D eigenvalue weighted by molar-refractivity contribution is 0.399. The molecular weight excluding hydrogens is 1390 g/mol. The highest BCUT2D eigenvalue weighted by Crippen LogP contribution is 2.64.